The number of nitrogens with one attached hydrogen (secondary N) is 2. The highest BCUT2D eigenvalue weighted by atomic mass is 16.7. The summed E-state index contributed by atoms with van der Waals surface area (Å²) in [6.07, 6.45) is -0.379. The van der Waals surface area contributed by atoms with Gasteiger partial charge in [-0.2, -0.15) is 0 Å². The second-order valence-electron chi connectivity index (χ2n) is 7.82. The number of benzene rings is 2. The summed E-state index contributed by atoms with van der Waals surface area (Å²) in [5, 5.41) is 5.37. The number of imide groups is 1. The van der Waals surface area contributed by atoms with Crippen molar-refractivity contribution in [1.29, 1.82) is 0 Å². The molecule has 5 rings (SSSR count). The monoisotopic (exact) mass is 439 g/mol. The summed E-state index contributed by atoms with van der Waals surface area (Å²) in [5.74, 6) is 1.32. The summed E-state index contributed by atoms with van der Waals surface area (Å²) in [6, 6.07) is 11.7. The summed E-state index contributed by atoms with van der Waals surface area (Å²) >= 11 is 0. The minimum atomic E-state index is -1.32. The van der Waals surface area contributed by atoms with E-state index in [-0.39, 0.29) is 26.0 Å². The topological polar surface area (TPSA) is 115 Å². The smallest absolute Gasteiger partial charge is 0.325 e. The van der Waals surface area contributed by atoms with Crippen LogP contribution in [0.25, 0.3) is 0 Å². The number of fused-ring (bicyclic) bond motifs is 2. The van der Waals surface area contributed by atoms with Crippen molar-refractivity contribution in [3.63, 3.8) is 0 Å². The molecule has 0 radical (unpaired) electrons. The van der Waals surface area contributed by atoms with Crippen LogP contribution in [0.3, 0.4) is 0 Å². The highest BCUT2D eigenvalue weighted by Crippen LogP contribution is 2.37. The molecule has 2 aromatic carbocycles. The second-order valence-corrected chi connectivity index (χ2v) is 7.82. The predicted octanol–water partition coefficient (Wildman–Crippen LogP) is 1.14. The quantitative estimate of drug-likeness (QED) is 0.672. The molecule has 32 heavy (non-hydrogen) atoms. The van der Waals surface area contributed by atoms with E-state index in [2.05, 4.69) is 10.6 Å². The lowest BCUT2D eigenvalue weighted by molar-refractivity contribution is -0.134. The van der Waals surface area contributed by atoms with Crippen LogP contribution in [0.4, 0.5) is 4.79 Å². The van der Waals surface area contributed by atoms with Crippen LogP contribution < -0.4 is 29.6 Å². The molecule has 0 saturated carbocycles. The zero-order chi connectivity index (χ0) is 22.3. The Labute approximate surface area is 183 Å². The standard InChI is InChI=1S/C22H21N3O7/c1-22(13-6-7-16-18(8-13)31-12-30-16)20(27)25(21(28)24-22)10-19(26)23-9-14-11-29-15-4-2-3-5-17(15)32-14/h2-8,14H,9-12H2,1H3,(H,23,26)(H,24,28)/t14-,22+/m0/s1. The summed E-state index contributed by atoms with van der Waals surface area (Å²) in [6.45, 7) is 1.74. The van der Waals surface area contributed by atoms with Crippen LogP contribution in [0, 0.1) is 0 Å². The second kappa shape index (κ2) is 7.63. The van der Waals surface area contributed by atoms with Gasteiger partial charge in [0.1, 0.15) is 24.8 Å². The van der Waals surface area contributed by atoms with Gasteiger partial charge >= 0.3 is 6.03 Å². The summed E-state index contributed by atoms with van der Waals surface area (Å²) in [5.41, 5.74) is -0.781. The molecule has 0 unspecified atom stereocenters. The number of nitrogens with zero attached hydrogens (tertiary/aromatic N) is 1. The average molecular weight is 439 g/mol. The first-order chi connectivity index (χ1) is 15.4. The van der Waals surface area contributed by atoms with E-state index in [9.17, 15) is 14.4 Å². The van der Waals surface area contributed by atoms with Gasteiger partial charge in [-0.15, -0.1) is 0 Å². The van der Waals surface area contributed by atoms with Crippen LogP contribution in [0.5, 0.6) is 23.0 Å². The number of carbonyl (C=O) groups is 3. The van der Waals surface area contributed by atoms with Crippen molar-refractivity contribution in [1.82, 2.24) is 15.5 Å². The van der Waals surface area contributed by atoms with Crippen LogP contribution in [0.15, 0.2) is 42.5 Å². The third-order valence-corrected chi connectivity index (χ3v) is 5.62. The molecule has 166 valence electrons. The molecule has 0 aliphatic carbocycles. The fourth-order valence-corrected chi connectivity index (χ4v) is 3.83. The number of carbonyl (C=O) groups excluding carboxylic acids is 3. The molecule has 2 N–H and O–H groups in total. The van der Waals surface area contributed by atoms with Gasteiger partial charge in [0, 0.05) is 0 Å². The van der Waals surface area contributed by atoms with Gasteiger partial charge in [0.15, 0.2) is 23.0 Å². The van der Waals surface area contributed by atoms with Gasteiger partial charge in [-0.3, -0.25) is 14.5 Å². The Morgan fingerprint density at radius 2 is 1.84 bits per heavy atom. The predicted molar refractivity (Wildman–Crippen MR) is 110 cm³/mol. The van der Waals surface area contributed by atoms with Gasteiger partial charge in [0.25, 0.3) is 5.91 Å². The third kappa shape index (κ3) is 3.43. The zero-order valence-electron chi connectivity index (χ0n) is 17.3. The van der Waals surface area contributed by atoms with Gasteiger partial charge < -0.3 is 29.6 Å². The van der Waals surface area contributed by atoms with Crippen molar-refractivity contribution in [3.05, 3.63) is 48.0 Å². The molecule has 3 heterocycles. The van der Waals surface area contributed by atoms with Crippen LogP contribution in [0.2, 0.25) is 0 Å². The van der Waals surface area contributed by atoms with E-state index in [0.717, 1.165) is 4.90 Å². The van der Waals surface area contributed by atoms with Crippen molar-refractivity contribution in [2.24, 2.45) is 0 Å². The molecule has 10 nitrogen and oxygen atoms in total. The molecule has 3 aliphatic heterocycles. The number of ether oxygens (including phenoxy) is 4. The largest absolute Gasteiger partial charge is 0.486 e. The molecule has 10 heteroatoms. The maximum absolute atomic E-state index is 13.1. The van der Waals surface area contributed by atoms with Gasteiger partial charge in [0.05, 0.1) is 6.54 Å². The van der Waals surface area contributed by atoms with E-state index in [1.54, 1.807) is 37.3 Å². The van der Waals surface area contributed by atoms with Gasteiger partial charge in [-0.1, -0.05) is 18.2 Å². The normalized spacial score (nSPS) is 23.2. The number of hydrogen-bond acceptors (Lipinski definition) is 7. The van der Waals surface area contributed by atoms with Crippen molar-refractivity contribution >= 4 is 17.8 Å². The lowest BCUT2D eigenvalue weighted by Crippen LogP contribution is -2.46. The molecule has 0 aromatic heterocycles. The highest BCUT2D eigenvalue weighted by Gasteiger charge is 2.50. The molecule has 2 aromatic rings. The number of hydrogen-bond donors (Lipinski definition) is 2. The van der Waals surface area contributed by atoms with Crippen LogP contribution in [0.1, 0.15) is 12.5 Å². The Bertz CT molecular complexity index is 1100. The minimum absolute atomic E-state index is 0.101. The maximum atomic E-state index is 13.1. The van der Waals surface area contributed by atoms with Crippen molar-refractivity contribution < 1.29 is 33.3 Å². The van der Waals surface area contributed by atoms with E-state index in [1.807, 2.05) is 12.1 Å². The summed E-state index contributed by atoms with van der Waals surface area (Å²) in [4.78, 5) is 38.9. The Hall–Kier alpha value is -3.95. The molecule has 4 amide bonds. The zero-order valence-corrected chi connectivity index (χ0v) is 17.3. The molecule has 2 atom stereocenters. The van der Waals surface area contributed by atoms with E-state index in [4.69, 9.17) is 18.9 Å². The SMILES string of the molecule is C[C@]1(c2ccc3c(c2)OCO3)NC(=O)N(CC(=O)NC[C@H]2COc3ccccc3O2)C1=O. The van der Waals surface area contributed by atoms with E-state index < -0.39 is 29.9 Å². The van der Waals surface area contributed by atoms with Crippen LogP contribution in [-0.4, -0.2) is 55.3 Å². The Morgan fingerprint density at radius 3 is 2.69 bits per heavy atom. The van der Waals surface area contributed by atoms with Crippen molar-refractivity contribution in [2.75, 3.05) is 26.5 Å². The van der Waals surface area contributed by atoms with Crippen molar-refractivity contribution in [3.8, 4) is 23.0 Å². The lowest BCUT2D eigenvalue weighted by atomic mass is 9.91. The van der Waals surface area contributed by atoms with Gasteiger partial charge in [-0.05, 0) is 36.8 Å². The summed E-state index contributed by atoms with van der Waals surface area (Å²) < 4.78 is 22.1. The lowest BCUT2D eigenvalue weighted by Gasteiger charge is -2.26. The Kier molecular flexibility index (Phi) is 4.76. The maximum Gasteiger partial charge on any atom is 0.325 e. The number of para-hydroxylation sites is 2. The Morgan fingerprint density at radius 1 is 1.09 bits per heavy atom. The molecule has 1 saturated heterocycles. The van der Waals surface area contributed by atoms with E-state index in [1.165, 1.54) is 0 Å². The molecule has 1 fully saturated rings. The number of urea groups is 1. The molecule has 3 aliphatic rings. The minimum Gasteiger partial charge on any atom is -0.486 e. The highest BCUT2D eigenvalue weighted by molar-refractivity contribution is 6.09. The summed E-state index contributed by atoms with van der Waals surface area (Å²) in [7, 11) is 0. The first kappa shape index (κ1) is 20.0. The fraction of sp³-hybridized carbons (Fsp3) is 0.318. The van der Waals surface area contributed by atoms with E-state index in [0.29, 0.717) is 28.6 Å². The molecular weight excluding hydrogens is 418 g/mol. The van der Waals surface area contributed by atoms with E-state index >= 15 is 0 Å². The first-order valence-electron chi connectivity index (χ1n) is 10.1. The number of rotatable bonds is 5. The third-order valence-electron chi connectivity index (χ3n) is 5.62. The van der Waals surface area contributed by atoms with Crippen LogP contribution >= 0.6 is 0 Å². The Balaban J connectivity index is 1.21. The number of amides is 4. The van der Waals surface area contributed by atoms with Crippen LogP contribution in [-0.2, 0) is 15.1 Å². The molecule has 0 bridgehead atoms. The average Bonchev–Trinajstić information content (AvgIpc) is 3.36. The van der Waals surface area contributed by atoms with Gasteiger partial charge in [-0.25, -0.2) is 4.79 Å². The van der Waals surface area contributed by atoms with Crippen molar-refractivity contribution in [2.45, 2.75) is 18.6 Å². The fourth-order valence-electron chi connectivity index (χ4n) is 3.83. The first-order valence-corrected chi connectivity index (χ1v) is 10.1. The molecular formula is C22H21N3O7. The van der Waals surface area contributed by atoms with Gasteiger partial charge in [0.2, 0.25) is 12.7 Å². The molecule has 0 spiro atoms.